The van der Waals surface area contributed by atoms with E-state index in [0.717, 1.165) is 16.3 Å². The van der Waals surface area contributed by atoms with E-state index in [1.54, 1.807) is 0 Å². The highest BCUT2D eigenvalue weighted by molar-refractivity contribution is 6.61. The standard InChI is InChI=1S/C22H23O2Si/c1-18(20-12-6-3-7-13-20)23-25(22-16-10-5-11-17-22)24-19(2)21-14-8-4-9-15-21/h3-19H,1-2H3. The Balaban J connectivity index is 1.78. The van der Waals surface area contributed by atoms with E-state index in [1.165, 1.54) is 0 Å². The van der Waals surface area contributed by atoms with Crippen LogP contribution in [-0.2, 0) is 8.85 Å². The van der Waals surface area contributed by atoms with Crippen molar-refractivity contribution in [3.05, 3.63) is 102 Å². The molecule has 0 N–H and O–H groups in total. The first-order chi connectivity index (χ1) is 12.2. The first-order valence-electron chi connectivity index (χ1n) is 8.59. The molecule has 0 bridgehead atoms. The molecule has 1 radical (unpaired) electrons. The molecule has 0 aromatic heterocycles. The maximum atomic E-state index is 6.39. The maximum Gasteiger partial charge on any atom is 0.424 e. The second kappa shape index (κ2) is 8.76. The largest absolute Gasteiger partial charge is 0.424 e. The molecule has 127 valence electrons. The molecule has 3 aromatic carbocycles. The fourth-order valence-electron chi connectivity index (χ4n) is 2.64. The van der Waals surface area contributed by atoms with Gasteiger partial charge in [0.1, 0.15) is 0 Å². The molecule has 0 amide bonds. The monoisotopic (exact) mass is 347 g/mol. The summed E-state index contributed by atoms with van der Waals surface area (Å²) in [5, 5.41) is 1.12. The van der Waals surface area contributed by atoms with Crippen molar-refractivity contribution in [3.8, 4) is 0 Å². The van der Waals surface area contributed by atoms with Gasteiger partial charge in [0.05, 0.1) is 12.2 Å². The van der Waals surface area contributed by atoms with Crippen LogP contribution in [0.4, 0.5) is 0 Å². The van der Waals surface area contributed by atoms with Gasteiger partial charge in [0.15, 0.2) is 0 Å². The van der Waals surface area contributed by atoms with E-state index >= 15 is 0 Å². The highest BCUT2D eigenvalue weighted by atomic mass is 28.3. The molecule has 2 atom stereocenters. The highest BCUT2D eigenvalue weighted by Gasteiger charge is 2.25. The first kappa shape index (κ1) is 17.6. The lowest BCUT2D eigenvalue weighted by atomic mass is 10.1. The van der Waals surface area contributed by atoms with Crippen molar-refractivity contribution in [1.29, 1.82) is 0 Å². The summed E-state index contributed by atoms with van der Waals surface area (Å²) in [6.45, 7) is 4.17. The average Bonchev–Trinajstić information content (AvgIpc) is 2.69. The molecular formula is C22H23O2Si. The summed E-state index contributed by atoms with van der Waals surface area (Å²) in [5.41, 5.74) is 2.33. The van der Waals surface area contributed by atoms with E-state index in [1.807, 2.05) is 54.6 Å². The van der Waals surface area contributed by atoms with Gasteiger partial charge in [0.25, 0.3) is 0 Å². The Hall–Kier alpha value is -2.20. The van der Waals surface area contributed by atoms with Crippen molar-refractivity contribution in [2.24, 2.45) is 0 Å². The molecule has 0 fully saturated rings. The Bertz CT molecular complexity index is 699. The van der Waals surface area contributed by atoms with Crippen molar-refractivity contribution in [2.45, 2.75) is 26.1 Å². The zero-order chi connectivity index (χ0) is 17.5. The van der Waals surface area contributed by atoms with Crippen LogP contribution in [0.15, 0.2) is 91.0 Å². The normalized spacial score (nSPS) is 13.6. The van der Waals surface area contributed by atoms with Crippen LogP contribution in [0.25, 0.3) is 0 Å². The molecule has 0 aliphatic carbocycles. The van der Waals surface area contributed by atoms with Gasteiger partial charge in [-0.15, -0.1) is 0 Å². The summed E-state index contributed by atoms with van der Waals surface area (Å²) in [5.74, 6) is 0. The van der Waals surface area contributed by atoms with Crippen LogP contribution in [0.3, 0.4) is 0 Å². The minimum absolute atomic E-state index is 0.0155. The topological polar surface area (TPSA) is 18.5 Å². The lowest BCUT2D eigenvalue weighted by molar-refractivity contribution is 0.124. The van der Waals surface area contributed by atoms with E-state index in [0.29, 0.717) is 0 Å². The molecule has 0 heterocycles. The van der Waals surface area contributed by atoms with Crippen molar-refractivity contribution < 1.29 is 8.85 Å². The molecule has 3 aromatic rings. The smallest absolute Gasteiger partial charge is 0.383 e. The lowest BCUT2D eigenvalue weighted by Crippen LogP contribution is -2.38. The van der Waals surface area contributed by atoms with Crippen molar-refractivity contribution in [3.63, 3.8) is 0 Å². The van der Waals surface area contributed by atoms with Gasteiger partial charge >= 0.3 is 9.28 Å². The van der Waals surface area contributed by atoms with Crippen LogP contribution < -0.4 is 5.19 Å². The number of rotatable bonds is 7. The van der Waals surface area contributed by atoms with Crippen LogP contribution in [0.2, 0.25) is 0 Å². The van der Waals surface area contributed by atoms with E-state index in [4.69, 9.17) is 8.85 Å². The highest BCUT2D eigenvalue weighted by Crippen LogP contribution is 2.22. The molecule has 0 aliphatic heterocycles. The number of hydrogen-bond acceptors (Lipinski definition) is 2. The van der Waals surface area contributed by atoms with Gasteiger partial charge in [0, 0.05) is 0 Å². The SMILES string of the molecule is CC(O[Si](OC(C)c1ccccc1)c1ccccc1)c1ccccc1. The minimum atomic E-state index is -1.61. The van der Waals surface area contributed by atoms with Crippen LogP contribution in [-0.4, -0.2) is 9.28 Å². The zero-order valence-corrected chi connectivity index (χ0v) is 15.6. The number of benzene rings is 3. The molecule has 25 heavy (non-hydrogen) atoms. The van der Waals surface area contributed by atoms with Gasteiger partial charge < -0.3 is 8.85 Å². The Morgan fingerprint density at radius 1 is 0.560 bits per heavy atom. The minimum Gasteiger partial charge on any atom is -0.383 e. The predicted molar refractivity (Wildman–Crippen MR) is 104 cm³/mol. The summed E-state index contributed by atoms with van der Waals surface area (Å²) in [7, 11) is -1.61. The van der Waals surface area contributed by atoms with Crippen LogP contribution >= 0.6 is 0 Å². The fourth-order valence-corrected chi connectivity index (χ4v) is 4.35. The van der Waals surface area contributed by atoms with Gasteiger partial charge in [-0.1, -0.05) is 91.0 Å². The summed E-state index contributed by atoms with van der Waals surface area (Å²) in [6.07, 6.45) is -0.0310. The van der Waals surface area contributed by atoms with Gasteiger partial charge in [-0.05, 0) is 30.2 Å². The van der Waals surface area contributed by atoms with Gasteiger partial charge in [-0.2, -0.15) is 0 Å². The molecule has 0 spiro atoms. The van der Waals surface area contributed by atoms with E-state index in [-0.39, 0.29) is 12.2 Å². The zero-order valence-electron chi connectivity index (χ0n) is 14.6. The molecule has 3 rings (SSSR count). The van der Waals surface area contributed by atoms with Crippen molar-refractivity contribution >= 4 is 14.5 Å². The van der Waals surface area contributed by atoms with Crippen molar-refractivity contribution in [1.82, 2.24) is 0 Å². The quantitative estimate of drug-likeness (QED) is 0.564. The van der Waals surface area contributed by atoms with Gasteiger partial charge in [-0.25, -0.2) is 0 Å². The third-order valence-corrected chi connectivity index (χ3v) is 6.06. The molecule has 0 aliphatic rings. The third-order valence-electron chi connectivity index (χ3n) is 4.12. The first-order valence-corrected chi connectivity index (χ1v) is 9.91. The summed E-state index contributed by atoms with van der Waals surface area (Å²) < 4.78 is 12.8. The molecule has 0 saturated carbocycles. The molecule has 2 unspecified atom stereocenters. The average molecular weight is 348 g/mol. The van der Waals surface area contributed by atoms with E-state index in [2.05, 4.69) is 50.2 Å². The van der Waals surface area contributed by atoms with Gasteiger partial charge in [0.2, 0.25) is 0 Å². The Morgan fingerprint density at radius 3 is 1.32 bits per heavy atom. The van der Waals surface area contributed by atoms with E-state index in [9.17, 15) is 0 Å². The Morgan fingerprint density at radius 2 is 0.920 bits per heavy atom. The maximum absolute atomic E-state index is 6.39. The summed E-state index contributed by atoms with van der Waals surface area (Å²) in [6, 6.07) is 30.8. The van der Waals surface area contributed by atoms with Gasteiger partial charge in [-0.3, -0.25) is 0 Å². The van der Waals surface area contributed by atoms with Crippen LogP contribution in [0.1, 0.15) is 37.2 Å². The van der Waals surface area contributed by atoms with Crippen LogP contribution in [0.5, 0.6) is 0 Å². The molecule has 0 saturated heterocycles. The Labute approximate surface area is 151 Å². The molecule has 3 heteroatoms. The summed E-state index contributed by atoms with van der Waals surface area (Å²) in [4.78, 5) is 0. The second-order valence-corrected chi connectivity index (χ2v) is 7.62. The Kier molecular flexibility index (Phi) is 6.18. The molecule has 2 nitrogen and oxygen atoms in total. The second-order valence-electron chi connectivity index (χ2n) is 6.00. The third kappa shape index (κ3) is 4.89. The lowest BCUT2D eigenvalue weighted by Gasteiger charge is -2.24. The molecular weight excluding hydrogens is 324 g/mol. The fraction of sp³-hybridized carbons (Fsp3) is 0.182. The summed E-state index contributed by atoms with van der Waals surface area (Å²) >= 11 is 0. The number of hydrogen-bond donors (Lipinski definition) is 0. The van der Waals surface area contributed by atoms with Crippen LogP contribution in [0, 0.1) is 0 Å². The predicted octanol–water partition coefficient (Wildman–Crippen LogP) is 4.94. The van der Waals surface area contributed by atoms with Crippen molar-refractivity contribution in [2.75, 3.05) is 0 Å². The van der Waals surface area contributed by atoms with E-state index < -0.39 is 9.28 Å².